The first-order valence-corrected chi connectivity index (χ1v) is 5.86. The quantitative estimate of drug-likeness (QED) is 0.753. The second kappa shape index (κ2) is 4.63. The summed E-state index contributed by atoms with van der Waals surface area (Å²) >= 11 is 0. The predicted octanol–water partition coefficient (Wildman–Crippen LogP) is 2.23. The summed E-state index contributed by atoms with van der Waals surface area (Å²) in [4.78, 5) is 2.44. The lowest BCUT2D eigenvalue weighted by atomic mass is 9.75. The summed E-state index contributed by atoms with van der Waals surface area (Å²) in [6, 6.07) is 1.07. The van der Waals surface area contributed by atoms with Gasteiger partial charge in [0.25, 0.3) is 0 Å². The maximum atomic E-state index is 5.81. The normalized spacial score (nSPS) is 25.3. The largest absolute Gasteiger partial charge is 0.327 e. The van der Waals surface area contributed by atoms with Crippen LogP contribution in [0.5, 0.6) is 0 Å². The van der Waals surface area contributed by atoms with Crippen molar-refractivity contribution in [1.29, 1.82) is 0 Å². The van der Waals surface area contributed by atoms with Gasteiger partial charge in [-0.15, -0.1) is 0 Å². The molecule has 0 heterocycles. The van der Waals surface area contributed by atoms with Crippen molar-refractivity contribution >= 4 is 0 Å². The highest BCUT2D eigenvalue weighted by Crippen LogP contribution is 2.36. The Bertz CT molecular complexity index is 165. The Morgan fingerprint density at radius 1 is 1.36 bits per heavy atom. The standard InChI is InChI=1S/C12H26N2/c1-10(13)9-14(4)11-5-7-12(2,3)8-6-11/h10-11H,5-9,13H2,1-4H3/t10-/m0/s1. The van der Waals surface area contributed by atoms with E-state index in [9.17, 15) is 0 Å². The van der Waals surface area contributed by atoms with Gasteiger partial charge < -0.3 is 10.6 Å². The van der Waals surface area contributed by atoms with Crippen LogP contribution in [-0.4, -0.2) is 30.6 Å². The highest BCUT2D eigenvalue weighted by Gasteiger charge is 2.28. The Hall–Kier alpha value is -0.0800. The maximum Gasteiger partial charge on any atom is 0.0139 e. The number of hydrogen-bond donors (Lipinski definition) is 1. The first-order valence-electron chi connectivity index (χ1n) is 5.86. The summed E-state index contributed by atoms with van der Waals surface area (Å²) in [5.41, 5.74) is 6.39. The molecule has 1 atom stereocenters. The zero-order valence-corrected chi connectivity index (χ0v) is 10.2. The molecule has 1 aliphatic rings. The number of likely N-dealkylation sites (N-methyl/N-ethyl adjacent to an activating group) is 1. The van der Waals surface area contributed by atoms with E-state index in [-0.39, 0.29) is 0 Å². The summed E-state index contributed by atoms with van der Waals surface area (Å²) in [5.74, 6) is 0. The van der Waals surface area contributed by atoms with Crippen molar-refractivity contribution in [3.05, 3.63) is 0 Å². The van der Waals surface area contributed by atoms with Gasteiger partial charge in [-0.25, -0.2) is 0 Å². The van der Waals surface area contributed by atoms with Crippen LogP contribution >= 0.6 is 0 Å². The van der Waals surface area contributed by atoms with Crippen molar-refractivity contribution in [3.8, 4) is 0 Å². The molecule has 0 spiro atoms. The molecule has 14 heavy (non-hydrogen) atoms. The summed E-state index contributed by atoms with van der Waals surface area (Å²) in [6.07, 6.45) is 5.41. The van der Waals surface area contributed by atoms with Gasteiger partial charge in [-0.3, -0.25) is 0 Å². The van der Waals surface area contributed by atoms with Crippen molar-refractivity contribution in [3.63, 3.8) is 0 Å². The van der Waals surface area contributed by atoms with Gasteiger partial charge in [0.2, 0.25) is 0 Å². The van der Waals surface area contributed by atoms with Gasteiger partial charge in [0, 0.05) is 18.6 Å². The second-order valence-electron chi connectivity index (χ2n) is 5.81. The van der Waals surface area contributed by atoms with Gasteiger partial charge in [0.1, 0.15) is 0 Å². The molecule has 1 fully saturated rings. The average molecular weight is 198 g/mol. The van der Waals surface area contributed by atoms with E-state index < -0.39 is 0 Å². The molecule has 0 aromatic carbocycles. The molecule has 1 aliphatic carbocycles. The van der Waals surface area contributed by atoms with Crippen LogP contribution in [0.2, 0.25) is 0 Å². The lowest BCUT2D eigenvalue weighted by molar-refractivity contribution is 0.124. The zero-order valence-electron chi connectivity index (χ0n) is 10.2. The first kappa shape index (κ1) is 12.0. The Kier molecular flexibility index (Phi) is 3.96. The smallest absolute Gasteiger partial charge is 0.0139 e. The van der Waals surface area contributed by atoms with Gasteiger partial charge in [-0.2, -0.15) is 0 Å². The third-order valence-corrected chi connectivity index (χ3v) is 3.51. The topological polar surface area (TPSA) is 29.3 Å². The molecular weight excluding hydrogens is 172 g/mol. The molecule has 2 nitrogen and oxygen atoms in total. The summed E-state index contributed by atoms with van der Waals surface area (Å²) in [5, 5.41) is 0. The maximum absolute atomic E-state index is 5.81. The van der Waals surface area contributed by atoms with Gasteiger partial charge >= 0.3 is 0 Å². The van der Waals surface area contributed by atoms with Crippen molar-refractivity contribution < 1.29 is 0 Å². The molecule has 0 aliphatic heterocycles. The fraction of sp³-hybridized carbons (Fsp3) is 1.00. The van der Waals surface area contributed by atoms with Crippen LogP contribution in [0.1, 0.15) is 46.5 Å². The molecular formula is C12H26N2. The van der Waals surface area contributed by atoms with E-state index in [1.54, 1.807) is 0 Å². The van der Waals surface area contributed by atoms with E-state index in [0.717, 1.165) is 12.6 Å². The number of nitrogens with zero attached hydrogens (tertiary/aromatic N) is 1. The molecule has 2 heteroatoms. The number of hydrogen-bond acceptors (Lipinski definition) is 2. The highest BCUT2D eigenvalue weighted by molar-refractivity contribution is 4.83. The van der Waals surface area contributed by atoms with E-state index in [1.807, 2.05) is 0 Å². The minimum absolute atomic E-state index is 0.301. The van der Waals surface area contributed by atoms with E-state index >= 15 is 0 Å². The van der Waals surface area contributed by atoms with Crippen molar-refractivity contribution in [2.75, 3.05) is 13.6 Å². The zero-order chi connectivity index (χ0) is 10.8. The molecule has 0 bridgehead atoms. The van der Waals surface area contributed by atoms with Crippen molar-refractivity contribution in [2.45, 2.75) is 58.5 Å². The third kappa shape index (κ3) is 3.58. The second-order valence-corrected chi connectivity index (χ2v) is 5.81. The van der Waals surface area contributed by atoms with E-state index in [1.165, 1.54) is 25.7 Å². The van der Waals surface area contributed by atoms with Gasteiger partial charge in [0.15, 0.2) is 0 Å². The Balaban J connectivity index is 2.34. The lowest BCUT2D eigenvalue weighted by Crippen LogP contribution is -2.42. The molecule has 0 amide bonds. The monoisotopic (exact) mass is 198 g/mol. The van der Waals surface area contributed by atoms with Crippen LogP contribution in [-0.2, 0) is 0 Å². The molecule has 0 aromatic heterocycles. The highest BCUT2D eigenvalue weighted by atomic mass is 15.1. The molecule has 0 saturated heterocycles. The van der Waals surface area contributed by atoms with E-state index in [2.05, 4.69) is 32.7 Å². The fourth-order valence-corrected chi connectivity index (χ4v) is 2.43. The third-order valence-electron chi connectivity index (χ3n) is 3.51. The molecule has 2 N–H and O–H groups in total. The molecule has 0 unspecified atom stereocenters. The lowest BCUT2D eigenvalue weighted by Gasteiger charge is -2.39. The SMILES string of the molecule is C[C@H](N)CN(C)C1CCC(C)(C)CC1. The van der Waals surface area contributed by atoms with Crippen LogP contribution < -0.4 is 5.73 Å². The van der Waals surface area contributed by atoms with E-state index in [0.29, 0.717) is 11.5 Å². The summed E-state index contributed by atoms with van der Waals surface area (Å²) in [7, 11) is 2.21. The molecule has 1 rings (SSSR count). The van der Waals surface area contributed by atoms with Gasteiger partial charge in [0.05, 0.1) is 0 Å². The molecule has 0 aromatic rings. The van der Waals surface area contributed by atoms with Gasteiger partial charge in [-0.1, -0.05) is 13.8 Å². The Morgan fingerprint density at radius 3 is 2.29 bits per heavy atom. The van der Waals surface area contributed by atoms with E-state index in [4.69, 9.17) is 5.73 Å². The number of nitrogens with two attached hydrogens (primary N) is 1. The minimum atomic E-state index is 0.301. The average Bonchev–Trinajstić information content (AvgIpc) is 2.02. The van der Waals surface area contributed by atoms with Crippen LogP contribution in [0.25, 0.3) is 0 Å². The first-order chi connectivity index (χ1) is 6.41. The van der Waals surface area contributed by atoms with Crippen molar-refractivity contribution in [1.82, 2.24) is 4.90 Å². The molecule has 84 valence electrons. The van der Waals surface area contributed by atoms with Crippen LogP contribution in [0.4, 0.5) is 0 Å². The summed E-state index contributed by atoms with van der Waals surface area (Å²) in [6.45, 7) is 7.89. The van der Waals surface area contributed by atoms with Crippen LogP contribution in [0.15, 0.2) is 0 Å². The van der Waals surface area contributed by atoms with Gasteiger partial charge in [-0.05, 0) is 45.1 Å². The Morgan fingerprint density at radius 2 is 1.86 bits per heavy atom. The summed E-state index contributed by atoms with van der Waals surface area (Å²) < 4.78 is 0. The molecule has 0 radical (unpaired) electrons. The van der Waals surface area contributed by atoms with Crippen LogP contribution in [0, 0.1) is 5.41 Å². The predicted molar refractivity (Wildman–Crippen MR) is 62.3 cm³/mol. The Labute approximate surface area is 88.8 Å². The molecule has 1 saturated carbocycles. The fourth-order valence-electron chi connectivity index (χ4n) is 2.43. The minimum Gasteiger partial charge on any atom is -0.327 e. The number of rotatable bonds is 3. The van der Waals surface area contributed by atoms with Crippen molar-refractivity contribution in [2.24, 2.45) is 11.1 Å². The van der Waals surface area contributed by atoms with Crippen LogP contribution in [0.3, 0.4) is 0 Å².